The van der Waals surface area contributed by atoms with Crippen molar-refractivity contribution in [1.82, 2.24) is 0 Å². The molecule has 13 heavy (non-hydrogen) atoms. The fourth-order valence-corrected chi connectivity index (χ4v) is 1.79. The SMILES string of the molecule is CCOC(=O)[C@H](C)SC(=S)OCC. The van der Waals surface area contributed by atoms with Gasteiger partial charge >= 0.3 is 5.97 Å². The van der Waals surface area contributed by atoms with Crippen LogP contribution in [-0.2, 0) is 14.3 Å². The third-order valence-corrected chi connectivity index (χ3v) is 2.42. The second-order valence-corrected chi connectivity index (χ2v) is 4.14. The van der Waals surface area contributed by atoms with Crippen molar-refractivity contribution in [3.8, 4) is 0 Å². The van der Waals surface area contributed by atoms with Crippen LogP contribution in [0, 0.1) is 0 Å². The fraction of sp³-hybridized carbons (Fsp3) is 0.750. The number of thiocarbonyl (C=S) groups is 1. The maximum Gasteiger partial charge on any atom is 0.319 e. The van der Waals surface area contributed by atoms with Gasteiger partial charge in [-0.3, -0.25) is 4.79 Å². The second kappa shape index (κ2) is 7.15. The monoisotopic (exact) mass is 222 g/mol. The number of carbonyl (C=O) groups excluding carboxylic acids is 1. The lowest BCUT2D eigenvalue weighted by Gasteiger charge is -2.10. The summed E-state index contributed by atoms with van der Waals surface area (Å²) < 4.78 is 10.2. The highest BCUT2D eigenvalue weighted by molar-refractivity contribution is 8.23. The van der Waals surface area contributed by atoms with Crippen LogP contribution in [-0.4, -0.2) is 28.8 Å². The largest absolute Gasteiger partial charge is 0.479 e. The van der Waals surface area contributed by atoms with E-state index in [4.69, 9.17) is 21.7 Å². The van der Waals surface area contributed by atoms with Gasteiger partial charge in [0.25, 0.3) is 0 Å². The third-order valence-electron chi connectivity index (χ3n) is 1.15. The molecule has 0 fully saturated rings. The van der Waals surface area contributed by atoms with Crippen LogP contribution >= 0.6 is 24.0 Å². The summed E-state index contributed by atoms with van der Waals surface area (Å²) in [7, 11) is 0. The zero-order valence-corrected chi connectivity index (χ0v) is 9.67. The first-order valence-corrected chi connectivity index (χ1v) is 5.40. The van der Waals surface area contributed by atoms with Gasteiger partial charge in [-0.25, -0.2) is 0 Å². The van der Waals surface area contributed by atoms with Gasteiger partial charge in [-0.15, -0.1) is 0 Å². The molecule has 0 aliphatic rings. The lowest BCUT2D eigenvalue weighted by molar-refractivity contribution is -0.142. The molecule has 3 nitrogen and oxygen atoms in total. The number of hydrogen-bond acceptors (Lipinski definition) is 5. The van der Waals surface area contributed by atoms with Crippen LogP contribution in [0.15, 0.2) is 0 Å². The molecule has 0 aromatic heterocycles. The lowest BCUT2D eigenvalue weighted by Crippen LogP contribution is -2.18. The Morgan fingerprint density at radius 2 is 1.92 bits per heavy atom. The number of thioether (sulfide) groups is 1. The molecule has 5 heteroatoms. The van der Waals surface area contributed by atoms with Crippen molar-refractivity contribution in [3.63, 3.8) is 0 Å². The molecular formula is C8H14O3S2. The van der Waals surface area contributed by atoms with Crippen molar-refractivity contribution >= 4 is 34.3 Å². The summed E-state index contributed by atoms with van der Waals surface area (Å²) in [6.07, 6.45) is 0. The minimum absolute atomic E-state index is 0.255. The molecule has 0 aromatic rings. The van der Waals surface area contributed by atoms with E-state index in [1.54, 1.807) is 13.8 Å². The van der Waals surface area contributed by atoms with Crippen molar-refractivity contribution < 1.29 is 14.3 Å². The summed E-state index contributed by atoms with van der Waals surface area (Å²) in [6, 6.07) is 0. The maximum atomic E-state index is 11.1. The molecule has 76 valence electrons. The predicted molar refractivity (Wildman–Crippen MR) is 57.9 cm³/mol. The summed E-state index contributed by atoms with van der Waals surface area (Å²) >= 11 is 6.07. The molecular weight excluding hydrogens is 208 g/mol. The van der Waals surface area contributed by atoms with Crippen LogP contribution in [0.3, 0.4) is 0 Å². The molecule has 0 bridgehead atoms. The fourth-order valence-electron chi connectivity index (χ4n) is 0.604. The second-order valence-electron chi connectivity index (χ2n) is 2.20. The Morgan fingerprint density at radius 3 is 2.38 bits per heavy atom. The number of ether oxygens (including phenoxy) is 2. The first-order chi connectivity index (χ1) is 6.11. The first-order valence-electron chi connectivity index (χ1n) is 4.11. The van der Waals surface area contributed by atoms with Gasteiger partial charge in [-0.05, 0) is 33.0 Å². The molecule has 0 aliphatic carbocycles. The molecule has 1 atom stereocenters. The lowest BCUT2D eigenvalue weighted by atomic mass is 10.5. The Kier molecular flexibility index (Phi) is 6.99. The molecule has 0 N–H and O–H groups in total. The van der Waals surface area contributed by atoms with Crippen molar-refractivity contribution in [3.05, 3.63) is 0 Å². The van der Waals surface area contributed by atoms with E-state index in [2.05, 4.69) is 0 Å². The molecule has 0 saturated carbocycles. The summed E-state index contributed by atoms with van der Waals surface area (Å²) in [4.78, 5) is 11.1. The van der Waals surface area contributed by atoms with Crippen molar-refractivity contribution in [2.75, 3.05) is 13.2 Å². The van der Waals surface area contributed by atoms with E-state index in [9.17, 15) is 4.79 Å². The van der Waals surface area contributed by atoms with Crippen molar-refractivity contribution in [1.29, 1.82) is 0 Å². The quantitative estimate of drug-likeness (QED) is 0.537. The summed E-state index contributed by atoms with van der Waals surface area (Å²) in [5.41, 5.74) is 0. The van der Waals surface area contributed by atoms with Gasteiger partial charge in [0, 0.05) is 0 Å². The van der Waals surface area contributed by atoms with E-state index < -0.39 is 0 Å². The smallest absolute Gasteiger partial charge is 0.319 e. The van der Waals surface area contributed by atoms with Crippen LogP contribution in [0.4, 0.5) is 0 Å². The molecule has 0 spiro atoms. The molecule has 0 aromatic carbocycles. The highest BCUT2D eigenvalue weighted by Gasteiger charge is 2.17. The standard InChI is InChI=1S/C8H14O3S2/c1-4-10-7(9)6(3)13-8(12)11-5-2/h6H,4-5H2,1-3H3/t6-/m0/s1. The van der Waals surface area contributed by atoms with Crippen LogP contribution in [0.5, 0.6) is 0 Å². The average molecular weight is 222 g/mol. The zero-order chi connectivity index (χ0) is 10.3. The molecule has 0 radical (unpaired) electrons. The molecule has 0 amide bonds. The molecule has 0 heterocycles. The number of hydrogen-bond donors (Lipinski definition) is 0. The van der Waals surface area contributed by atoms with Gasteiger partial charge in [0.05, 0.1) is 13.2 Å². The molecule has 0 aliphatic heterocycles. The minimum Gasteiger partial charge on any atom is -0.479 e. The summed E-state index contributed by atoms with van der Waals surface area (Å²) in [6.45, 7) is 6.29. The maximum absolute atomic E-state index is 11.1. The van der Waals surface area contributed by atoms with Gasteiger partial charge < -0.3 is 9.47 Å². The van der Waals surface area contributed by atoms with Crippen LogP contribution in [0.1, 0.15) is 20.8 Å². The first kappa shape index (κ1) is 12.7. The molecule has 0 unspecified atom stereocenters. The van der Waals surface area contributed by atoms with Gasteiger partial charge in [-0.2, -0.15) is 0 Å². The van der Waals surface area contributed by atoms with Crippen LogP contribution in [0.25, 0.3) is 0 Å². The van der Waals surface area contributed by atoms with Gasteiger partial charge in [-0.1, -0.05) is 11.8 Å². The highest BCUT2D eigenvalue weighted by atomic mass is 32.2. The zero-order valence-electron chi connectivity index (χ0n) is 8.03. The van der Waals surface area contributed by atoms with Gasteiger partial charge in [0.1, 0.15) is 5.25 Å². The van der Waals surface area contributed by atoms with Crippen molar-refractivity contribution in [2.45, 2.75) is 26.0 Å². The highest BCUT2D eigenvalue weighted by Crippen LogP contribution is 2.15. The van der Waals surface area contributed by atoms with E-state index in [1.807, 2.05) is 6.92 Å². The normalized spacial score (nSPS) is 11.9. The minimum atomic E-state index is -0.293. The predicted octanol–water partition coefficient (Wildman–Crippen LogP) is 1.99. The van der Waals surface area contributed by atoms with Gasteiger partial charge in [0.15, 0.2) is 0 Å². The molecule has 0 saturated heterocycles. The van der Waals surface area contributed by atoms with E-state index in [-0.39, 0.29) is 11.2 Å². The Balaban J connectivity index is 3.78. The molecule has 0 rings (SSSR count). The van der Waals surface area contributed by atoms with E-state index in [1.165, 1.54) is 11.8 Å². The Hall–Kier alpha value is -0.290. The Bertz CT molecular complexity index is 182. The summed E-state index contributed by atoms with van der Waals surface area (Å²) in [5.74, 6) is -0.255. The van der Waals surface area contributed by atoms with Gasteiger partial charge in [0.2, 0.25) is 4.38 Å². The van der Waals surface area contributed by atoms with Crippen molar-refractivity contribution in [2.24, 2.45) is 0 Å². The number of carbonyl (C=O) groups is 1. The van der Waals surface area contributed by atoms with Crippen LogP contribution in [0.2, 0.25) is 0 Å². The Morgan fingerprint density at radius 1 is 1.38 bits per heavy atom. The number of esters is 1. The van der Waals surface area contributed by atoms with E-state index in [0.29, 0.717) is 17.6 Å². The average Bonchev–Trinajstić information content (AvgIpc) is 2.05. The topological polar surface area (TPSA) is 35.5 Å². The van der Waals surface area contributed by atoms with E-state index in [0.717, 1.165) is 0 Å². The third kappa shape index (κ3) is 5.87. The van der Waals surface area contributed by atoms with Crippen LogP contribution < -0.4 is 0 Å². The number of rotatable bonds is 4. The van der Waals surface area contributed by atoms with E-state index >= 15 is 0 Å². The summed E-state index contributed by atoms with van der Waals surface area (Å²) in [5, 5.41) is -0.293. The Labute approximate surface area is 88.2 Å².